The van der Waals surface area contributed by atoms with Gasteiger partial charge in [0.15, 0.2) is 0 Å². The van der Waals surface area contributed by atoms with Gasteiger partial charge in [0, 0.05) is 25.2 Å². The third kappa shape index (κ3) is 3.78. The van der Waals surface area contributed by atoms with E-state index in [1.54, 1.807) is 0 Å². The normalized spacial score (nSPS) is 33.1. The molecule has 21 heavy (non-hydrogen) atoms. The Morgan fingerprint density at radius 1 is 0.905 bits per heavy atom. The average Bonchev–Trinajstić information content (AvgIpc) is 2.55. The quantitative estimate of drug-likeness (QED) is 0.846. The Morgan fingerprint density at radius 3 is 2.29 bits per heavy atom. The molecular weight excluding hydrogens is 262 g/mol. The molecule has 0 spiro atoms. The lowest BCUT2D eigenvalue weighted by Crippen LogP contribution is -2.55. The maximum absolute atomic E-state index is 12.6. The number of amides is 1. The van der Waals surface area contributed by atoms with Gasteiger partial charge < -0.3 is 15.1 Å². The molecule has 120 valence electrons. The summed E-state index contributed by atoms with van der Waals surface area (Å²) in [6.07, 6.45) is 9.90. The lowest BCUT2D eigenvalue weighted by atomic mass is 9.96. The first-order chi connectivity index (χ1) is 10.2. The van der Waals surface area contributed by atoms with E-state index in [2.05, 4.69) is 22.0 Å². The first-order valence-corrected chi connectivity index (χ1v) is 9.03. The van der Waals surface area contributed by atoms with Crippen molar-refractivity contribution in [2.24, 2.45) is 0 Å². The van der Waals surface area contributed by atoms with Crippen LogP contribution in [0.3, 0.4) is 0 Å². The summed E-state index contributed by atoms with van der Waals surface area (Å²) >= 11 is 0. The van der Waals surface area contributed by atoms with Gasteiger partial charge in [0.1, 0.15) is 0 Å². The molecule has 0 aromatic heterocycles. The summed E-state index contributed by atoms with van der Waals surface area (Å²) < 4.78 is 0. The number of hydrogen-bond acceptors (Lipinski definition) is 3. The van der Waals surface area contributed by atoms with Gasteiger partial charge in [-0.3, -0.25) is 4.79 Å². The van der Waals surface area contributed by atoms with E-state index >= 15 is 0 Å². The number of hydrogen-bond donors (Lipinski definition) is 1. The first-order valence-electron chi connectivity index (χ1n) is 9.03. The van der Waals surface area contributed by atoms with Gasteiger partial charge in [0.05, 0.1) is 6.04 Å². The Hall–Kier alpha value is -0.610. The van der Waals surface area contributed by atoms with E-state index in [0.717, 1.165) is 25.6 Å². The first kappa shape index (κ1) is 15.3. The number of piperidine rings is 3. The molecule has 3 aliphatic rings. The summed E-state index contributed by atoms with van der Waals surface area (Å²) in [6.45, 7) is 6.68. The Bertz CT molecular complexity index is 346. The van der Waals surface area contributed by atoms with Crippen molar-refractivity contribution in [3.63, 3.8) is 0 Å². The van der Waals surface area contributed by atoms with Crippen LogP contribution in [-0.2, 0) is 4.79 Å². The number of likely N-dealkylation sites (tertiary alicyclic amines) is 2. The second kappa shape index (κ2) is 7.10. The molecule has 0 bridgehead atoms. The van der Waals surface area contributed by atoms with Crippen molar-refractivity contribution in [3.8, 4) is 0 Å². The van der Waals surface area contributed by atoms with Crippen LogP contribution in [-0.4, -0.2) is 60.0 Å². The third-order valence-electron chi connectivity index (χ3n) is 5.60. The number of rotatable bonds is 2. The minimum Gasteiger partial charge on any atom is -0.341 e. The lowest BCUT2D eigenvalue weighted by molar-refractivity contribution is -0.136. The fourth-order valence-corrected chi connectivity index (χ4v) is 4.29. The molecule has 0 aliphatic carbocycles. The van der Waals surface area contributed by atoms with Crippen molar-refractivity contribution in [1.82, 2.24) is 15.1 Å². The lowest BCUT2D eigenvalue weighted by Gasteiger charge is -2.41. The summed E-state index contributed by atoms with van der Waals surface area (Å²) in [4.78, 5) is 17.4. The molecule has 4 nitrogen and oxygen atoms in total. The van der Waals surface area contributed by atoms with Gasteiger partial charge in [0.2, 0.25) is 5.91 Å². The molecule has 1 N–H and O–H groups in total. The molecule has 0 radical (unpaired) electrons. The van der Waals surface area contributed by atoms with Gasteiger partial charge >= 0.3 is 0 Å². The Labute approximate surface area is 129 Å². The van der Waals surface area contributed by atoms with Gasteiger partial charge in [-0.15, -0.1) is 0 Å². The van der Waals surface area contributed by atoms with Crippen LogP contribution < -0.4 is 5.32 Å². The molecule has 3 aliphatic heterocycles. The third-order valence-corrected chi connectivity index (χ3v) is 5.60. The van der Waals surface area contributed by atoms with Crippen molar-refractivity contribution >= 4 is 5.91 Å². The fourth-order valence-electron chi connectivity index (χ4n) is 4.29. The molecule has 1 amide bonds. The molecule has 0 aromatic carbocycles. The van der Waals surface area contributed by atoms with Crippen LogP contribution in [0.1, 0.15) is 58.3 Å². The van der Waals surface area contributed by atoms with Crippen molar-refractivity contribution in [2.75, 3.05) is 26.2 Å². The summed E-state index contributed by atoms with van der Waals surface area (Å²) in [5.41, 5.74) is 0. The monoisotopic (exact) mass is 293 g/mol. The number of carbonyl (C=O) groups excluding carboxylic acids is 1. The van der Waals surface area contributed by atoms with Crippen molar-refractivity contribution < 1.29 is 4.79 Å². The van der Waals surface area contributed by atoms with Gasteiger partial charge in [-0.2, -0.15) is 0 Å². The minimum absolute atomic E-state index is 0.0836. The SMILES string of the molecule is CC1CCCC(C(=O)N2CCC(N3CCCCC3)CC2)N1. The molecule has 2 unspecified atom stereocenters. The highest BCUT2D eigenvalue weighted by atomic mass is 16.2. The molecule has 3 heterocycles. The molecule has 4 heteroatoms. The van der Waals surface area contributed by atoms with Gasteiger partial charge in [-0.25, -0.2) is 0 Å². The maximum atomic E-state index is 12.6. The van der Waals surface area contributed by atoms with Crippen molar-refractivity contribution in [3.05, 3.63) is 0 Å². The molecule has 0 saturated carbocycles. The standard InChI is InChI=1S/C17H31N3O/c1-14-6-5-7-16(18-14)17(21)20-12-8-15(9-13-20)19-10-3-2-4-11-19/h14-16,18H,2-13H2,1H3. The topological polar surface area (TPSA) is 35.6 Å². The van der Waals surface area contributed by atoms with Crippen LogP contribution in [0.25, 0.3) is 0 Å². The van der Waals surface area contributed by atoms with Crippen LogP contribution in [0.15, 0.2) is 0 Å². The summed E-state index contributed by atoms with van der Waals surface area (Å²) in [5.74, 6) is 0.360. The summed E-state index contributed by atoms with van der Waals surface area (Å²) in [7, 11) is 0. The molecule has 3 saturated heterocycles. The van der Waals surface area contributed by atoms with E-state index in [1.165, 1.54) is 58.0 Å². The van der Waals surface area contributed by atoms with E-state index in [1.807, 2.05) is 0 Å². The predicted molar refractivity (Wildman–Crippen MR) is 85.3 cm³/mol. The Kier molecular flexibility index (Phi) is 5.17. The molecule has 3 fully saturated rings. The van der Waals surface area contributed by atoms with Gasteiger partial charge in [-0.1, -0.05) is 6.42 Å². The Balaban J connectivity index is 1.47. The second-order valence-corrected chi connectivity index (χ2v) is 7.20. The van der Waals surface area contributed by atoms with Crippen LogP contribution in [0.5, 0.6) is 0 Å². The number of nitrogens with one attached hydrogen (secondary N) is 1. The zero-order chi connectivity index (χ0) is 14.7. The highest BCUT2D eigenvalue weighted by molar-refractivity contribution is 5.82. The average molecular weight is 293 g/mol. The van der Waals surface area contributed by atoms with Crippen molar-refractivity contribution in [2.45, 2.75) is 76.4 Å². The largest absolute Gasteiger partial charge is 0.341 e. The molecular formula is C17H31N3O. The van der Waals surface area contributed by atoms with E-state index in [9.17, 15) is 4.79 Å². The summed E-state index contributed by atoms with van der Waals surface area (Å²) in [5, 5.41) is 3.49. The van der Waals surface area contributed by atoms with Crippen LogP contribution in [0.2, 0.25) is 0 Å². The van der Waals surface area contributed by atoms with E-state index in [0.29, 0.717) is 11.9 Å². The smallest absolute Gasteiger partial charge is 0.239 e. The number of nitrogens with zero attached hydrogens (tertiary/aromatic N) is 2. The van der Waals surface area contributed by atoms with Gasteiger partial charge in [0.25, 0.3) is 0 Å². The second-order valence-electron chi connectivity index (χ2n) is 7.20. The highest BCUT2D eigenvalue weighted by Crippen LogP contribution is 2.22. The van der Waals surface area contributed by atoms with E-state index in [-0.39, 0.29) is 6.04 Å². The fraction of sp³-hybridized carbons (Fsp3) is 0.941. The predicted octanol–water partition coefficient (Wildman–Crippen LogP) is 1.99. The van der Waals surface area contributed by atoms with Gasteiger partial charge in [-0.05, 0) is 65.0 Å². The van der Waals surface area contributed by atoms with E-state index < -0.39 is 0 Å². The highest BCUT2D eigenvalue weighted by Gasteiger charge is 2.32. The Morgan fingerprint density at radius 2 is 1.62 bits per heavy atom. The zero-order valence-electron chi connectivity index (χ0n) is 13.5. The zero-order valence-corrected chi connectivity index (χ0v) is 13.5. The molecule has 2 atom stereocenters. The van der Waals surface area contributed by atoms with Crippen LogP contribution >= 0.6 is 0 Å². The molecule has 3 rings (SSSR count). The van der Waals surface area contributed by atoms with Crippen LogP contribution in [0, 0.1) is 0 Å². The number of carbonyl (C=O) groups is 1. The summed E-state index contributed by atoms with van der Waals surface area (Å²) in [6, 6.07) is 1.31. The van der Waals surface area contributed by atoms with Crippen LogP contribution in [0.4, 0.5) is 0 Å². The minimum atomic E-state index is 0.0836. The molecule has 0 aromatic rings. The maximum Gasteiger partial charge on any atom is 0.239 e. The van der Waals surface area contributed by atoms with Crippen molar-refractivity contribution in [1.29, 1.82) is 0 Å². The van der Waals surface area contributed by atoms with E-state index in [4.69, 9.17) is 0 Å².